The molecule has 0 aliphatic carbocycles. The number of rotatable bonds is 8. The van der Waals surface area contributed by atoms with Gasteiger partial charge in [0, 0.05) is 23.6 Å². The van der Waals surface area contributed by atoms with Crippen LogP contribution in [0.25, 0.3) is 0 Å². The number of hydrogen-bond donors (Lipinski definition) is 1. The number of benzene rings is 2. The highest BCUT2D eigenvalue weighted by molar-refractivity contribution is 6.35. The monoisotopic (exact) mass is 450 g/mol. The maximum Gasteiger partial charge on any atom is 0.261 e. The van der Waals surface area contributed by atoms with Crippen LogP contribution >= 0.6 is 23.2 Å². The Kier molecular flexibility index (Phi) is 8.56. The summed E-state index contributed by atoms with van der Waals surface area (Å²) in [6.45, 7) is 7.80. The summed E-state index contributed by atoms with van der Waals surface area (Å²) in [5.74, 6) is 0.131. The summed E-state index contributed by atoms with van der Waals surface area (Å²) in [5.41, 5.74) is 3.85. The van der Waals surface area contributed by atoms with Gasteiger partial charge in [-0.15, -0.1) is 0 Å². The molecule has 1 atom stereocenters. The number of carbonyl (C=O) groups excluding carboxylic acids is 2. The topological polar surface area (TPSA) is 58.6 Å². The molecule has 0 heterocycles. The van der Waals surface area contributed by atoms with E-state index in [4.69, 9.17) is 27.9 Å². The normalized spacial score (nSPS) is 11.7. The zero-order valence-corrected chi connectivity index (χ0v) is 19.5. The lowest BCUT2D eigenvalue weighted by Crippen LogP contribution is -2.49. The highest BCUT2D eigenvalue weighted by atomic mass is 35.5. The Hall–Kier alpha value is -2.24. The number of amides is 2. The van der Waals surface area contributed by atoms with Gasteiger partial charge in [-0.05, 0) is 67.6 Å². The lowest BCUT2D eigenvalue weighted by Gasteiger charge is -2.30. The van der Waals surface area contributed by atoms with Crippen molar-refractivity contribution >= 4 is 35.0 Å². The molecule has 2 aromatic carbocycles. The Morgan fingerprint density at radius 2 is 1.83 bits per heavy atom. The van der Waals surface area contributed by atoms with Crippen molar-refractivity contribution in [3.05, 3.63) is 62.6 Å². The molecule has 0 spiro atoms. The van der Waals surface area contributed by atoms with Gasteiger partial charge in [0.25, 0.3) is 5.91 Å². The Bertz CT molecular complexity index is 931. The summed E-state index contributed by atoms with van der Waals surface area (Å²) in [5, 5.41) is 3.58. The van der Waals surface area contributed by atoms with Crippen LogP contribution in [-0.4, -0.2) is 36.4 Å². The van der Waals surface area contributed by atoms with Gasteiger partial charge in [-0.3, -0.25) is 9.59 Å². The number of carbonyl (C=O) groups is 2. The van der Waals surface area contributed by atoms with Crippen molar-refractivity contribution in [2.75, 3.05) is 13.7 Å². The van der Waals surface area contributed by atoms with Crippen molar-refractivity contribution in [1.29, 1.82) is 0 Å². The van der Waals surface area contributed by atoms with Crippen LogP contribution in [0.2, 0.25) is 10.0 Å². The van der Waals surface area contributed by atoms with Crippen LogP contribution in [-0.2, 0) is 16.1 Å². The molecule has 7 heteroatoms. The van der Waals surface area contributed by atoms with Gasteiger partial charge in [0.15, 0.2) is 6.61 Å². The first-order chi connectivity index (χ1) is 14.2. The van der Waals surface area contributed by atoms with Crippen LogP contribution in [0.3, 0.4) is 0 Å². The molecule has 0 aromatic heterocycles. The predicted octanol–water partition coefficient (Wildman–Crippen LogP) is 4.85. The van der Waals surface area contributed by atoms with Gasteiger partial charge < -0.3 is 15.0 Å². The third kappa shape index (κ3) is 5.89. The molecule has 0 fully saturated rings. The average molecular weight is 451 g/mol. The molecular formula is C23H28Cl2N2O3. The van der Waals surface area contributed by atoms with E-state index < -0.39 is 6.04 Å². The number of nitrogens with zero attached hydrogens (tertiary/aromatic N) is 1. The maximum absolute atomic E-state index is 13.2. The van der Waals surface area contributed by atoms with E-state index in [1.807, 2.05) is 33.8 Å². The molecule has 0 aliphatic rings. The van der Waals surface area contributed by atoms with Gasteiger partial charge in [0.1, 0.15) is 11.8 Å². The molecule has 1 unspecified atom stereocenters. The summed E-state index contributed by atoms with van der Waals surface area (Å²) in [7, 11) is 1.55. The third-order valence-electron chi connectivity index (χ3n) is 5.10. The number of halogens is 2. The van der Waals surface area contributed by atoms with E-state index in [-0.39, 0.29) is 25.0 Å². The summed E-state index contributed by atoms with van der Waals surface area (Å²) in [4.78, 5) is 27.1. The lowest BCUT2D eigenvalue weighted by atomic mass is 10.1. The van der Waals surface area contributed by atoms with E-state index in [9.17, 15) is 9.59 Å². The van der Waals surface area contributed by atoms with Gasteiger partial charge in [-0.2, -0.15) is 0 Å². The van der Waals surface area contributed by atoms with Crippen LogP contribution in [0.4, 0.5) is 0 Å². The first kappa shape index (κ1) is 24.0. The number of hydrogen-bond acceptors (Lipinski definition) is 3. The second kappa shape index (κ2) is 10.7. The zero-order valence-electron chi connectivity index (χ0n) is 18.0. The van der Waals surface area contributed by atoms with Crippen LogP contribution < -0.4 is 10.1 Å². The van der Waals surface area contributed by atoms with Gasteiger partial charge in [-0.25, -0.2) is 0 Å². The fourth-order valence-corrected chi connectivity index (χ4v) is 3.76. The summed E-state index contributed by atoms with van der Waals surface area (Å²) >= 11 is 12.3. The van der Waals surface area contributed by atoms with Gasteiger partial charge in [0.05, 0.1) is 0 Å². The largest absolute Gasteiger partial charge is 0.483 e. The van der Waals surface area contributed by atoms with Gasteiger partial charge in [0.2, 0.25) is 5.91 Å². The van der Waals surface area contributed by atoms with Crippen molar-refractivity contribution < 1.29 is 14.3 Å². The Labute approximate surface area is 188 Å². The molecule has 162 valence electrons. The molecule has 0 aliphatic heterocycles. The Balaban J connectivity index is 2.28. The molecule has 2 aromatic rings. The molecule has 1 N–H and O–H groups in total. The van der Waals surface area contributed by atoms with Crippen molar-refractivity contribution in [2.24, 2.45) is 0 Å². The van der Waals surface area contributed by atoms with Crippen LogP contribution in [0.15, 0.2) is 30.3 Å². The molecule has 2 amide bonds. The minimum atomic E-state index is -0.641. The van der Waals surface area contributed by atoms with Crippen LogP contribution in [0, 0.1) is 20.8 Å². The predicted molar refractivity (Wildman–Crippen MR) is 121 cm³/mol. The van der Waals surface area contributed by atoms with E-state index in [0.29, 0.717) is 27.8 Å². The highest BCUT2D eigenvalue weighted by Gasteiger charge is 2.29. The van der Waals surface area contributed by atoms with E-state index in [1.54, 1.807) is 25.2 Å². The smallest absolute Gasteiger partial charge is 0.261 e. The standard InChI is InChI=1S/C23H28Cl2N2O3/c1-6-20(23(29)26-5)27(12-17-7-8-18(24)11-19(17)25)22(28)13-30-21-10-14(2)9-15(3)16(21)4/h7-11,20H,6,12-13H2,1-5H3,(H,26,29). The average Bonchev–Trinajstić information content (AvgIpc) is 2.70. The lowest BCUT2D eigenvalue weighted by molar-refractivity contribution is -0.142. The molecule has 0 saturated carbocycles. The Morgan fingerprint density at radius 1 is 1.13 bits per heavy atom. The van der Waals surface area contributed by atoms with Crippen molar-refractivity contribution in [3.8, 4) is 5.75 Å². The van der Waals surface area contributed by atoms with E-state index in [1.165, 1.54) is 4.90 Å². The molecule has 0 bridgehead atoms. The third-order valence-corrected chi connectivity index (χ3v) is 5.69. The summed E-state index contributed by atoms with van der Waals surface area (Å²) in [6, 6.07) is 8.43. The number of aryl methyl sites for hydroxylation is 2. The number of ether oxygens (including phenoxy) is 1. The SMILES string of the molecule is CCC(C(=O)NC)N(Cc1ccc(Cl)cc1Cl)C(=O)COc1cc(C)cc(C)c1C. The van der Waals surface area contributed by atoms with E-state index in [2.05, 4.69) is 11.4 Å². The molecule has 0 saturated heterocycles. The Morgan fingerprint density at radius 3 is 2.43 bits per heavy atom. The fraction of sp³-hybridized carbons (Fsp3) is 0.391. The number of likely N-dealkylation sites (N-methyl/N-ethyl adjacent to an activating group) is 1. The van der Waals surface area contributed by atoms with Gasteiger partial charge >= 0.3 is 0 Å². The quantitative estimate of drug-likeness (QED) is 0.624. The number of nitrogens with one attached hydrogen (secondary N) is 1. The highest BCUT2D eigenvalue weighted by Crippen LogP contribution is 2.25. The van der Waals surface area contributed by atoms with E-state index in [0.717, 1.165) is 16.7 Å². The summed E-state index contributed by atoms with van der Waals surface area (Å²) in [6.07, 6.45) is 0.458. The first-order valence-corrected chi connectivity index (χ1v) is 10.6. The summed E-state index contributed by atoms with van der Waals surface area (Å²) < 4.78 is 5.86. The molecular weight excluding hydrogens is 423 g/mol. The second-order valence-corrected chi connectivity index (χ2v) is 8.13. The zero-order chi connectivity index (χ0) is 22.4. The molecule has 5 nitrogen and oxygen atoms in total. The molecule has 30 heavy (non-hydrogen) atoms. The minimum Gasteiger partial charge on any atom is -0.483 e. The van der Waals surface area contributed by atoms with Crippen molar-refractivity contribution in [1.82, 2.24) is 10.2 Å². The minimum absolute atomic E-state index is 0.177. The van der Waals surface area contributed by atoms with Crippen LogP contribution in [0.5, 0.6) is 5.75 Å². The fourth-order valence-electron chi connectivity index (χ4n) is 3.29. The van der Waals surface area contributed by atoms with Gasteiger partial charge in [-0.1, -0.05) is 42.3 Å². The first-order valence-electron chi connectivity index (χ1n) is 9.83. The van der Waals surface area contributed by atoms with Crippen molar-refractivity contribution in [2.45, 2.75) is 46.7 Å². The second-order valence-electron chi connectivity index (χ2n) is 7.29. The molecule has 2 rings (SSSR count). The molecule has 0 radical (unpaired) electrons. The maximum atomic E-state index is 13.2. The van der Waals surface area contributed by atoms with Crippen molar-refractivity contribution in [3.63, 3.8) is 0 Å². The van der Waals surface area contributed by atoms with E-state index >= 15 is 0 Å². The van der Waals surface area contributed by atoms with Crippen LogP contribution in [0.1, 0.15) is 35.6 Å².